The molecule has 0 spiro atoms. The Balaban J connectivity index is 2.71. The minimum Gasteiger partial charge on any atom is -0.395 e. The van der Waals surface area contributed by atoms with Gasteiger partial charge in [0, 0.05) is 22.6 Å². The number of rotatable bonds is 2. The van der Waals surface area contributed by atoms with Crippen molar-refractivity contribution in [2.45, 2.75) is 6.54 Å². The number of halogens is 1. The Hall–Kier alpha value is -1.13. The Labute approximate surface area is 95.1 Å². The molecular weight excluding hydrogens is 258 g/mol. The van der Waals surface area contributed by atoms with E-state index in [0.29, 0.717) is 11.9 Å². The highest BCUT2D eigenvalue weighted by Gasteiger charge is 2.02. The molecule has 2 aromatic rings. The van der Waals surface area contributed by atoms with E-state index in [1.807, 2.05) is 18.2 Å². The molecule has 78 valence electrons. The zero-order valence-electron chi connectivity index (χ0n) is 7.98. The van der Waals surface area contributed by atoms with Crippen LogP contribution in [0.3, 0.4) is 0 Å². The molecule has 3 nitrogen and oxygen atoms in total. The molecule has 1 heterocycles. The number of pyridine rings is 1. The van der Waals surface area contributed by atoms with Crippen molar-refractivity contribution < 1.29 is 5.11 Å². The second-order valence-electron chi connectivity index (χ2n) is 3.27. The summed E-state index contributed by atoms with van der Waals surface area (Å²) in [6, 6.07) is 7.46. The van der Waals surface area contributed by atoms with E-state index in [9.17, 15) is 4.79 Å². The van der Waals surface area contributed by atoms with Crippen LogP contribution in [-0.2, 0) is 6.54 Å². The first-order valence-corrected chi connectivity index (χ1v) is 5.41. The fourth-order valence-corrected chi connectivity index (χ4v) is 1.90. The summed E-state index contributed by atoms with van der Waals surface area (Å²) < 4.78 is 2.39. The molecule has 0 saturated carbocycles. The van der Waals surface area contributed by atoms with Crippen LogP contribution < -0.4 is 5.56 Å². The van der Waals surface area contributed by atoms with Gasteiger partial charge >= 0.3 is 0 Å². The van der Waals surface area contributed by atoms with Gasteiger partial charge in [0.15, 0.2) is 0 Å². The summed E-state index contributed by atoms with van der Waals surface area (Å²) in [4.78, 5) is 11.9. The molecule has 0 unspecified atom stereocenters. The molecule has 0 radical (unpaired) electrons. The molecule has 0 saturated heterocycles. The SMILES string of the molecule is O=c1c2cc(Br)ccc2ccn1CCO. The summed E-state index contributed by atoms with van der Waals surface area (Å²) in [6.07, 6.45) is 1.70. The van der Waals surface area contributed by atoms with Crippen LogP contribution in [0.5, 0.6) is 0 Å². The van der Waals surface area contributed by atoms with Crippen LogP contribution >= 0.6 is 15.9 Å². The topological polar surface area (TPSA) is 42.2 Å². The van der Waals surface area contributed by atoms with Gasteiger partial charge in [-0.05, 0) is 23.6 Å². The van der Waals surface area contributed by atoms with Crippen LogP contribution in [0.25, 0.3) is 10.8 Å². The van der Waals surface area contributed by atoms with E-state index in [2.05, 4.69) is 15.9 Å². The monoisotopic (exact) mass is 267 g/mol. The van der Waals surface area contributed by atoms with E-state index in [4.69, 9.17) is 5.11 Å². The van der Waals surface area contributed by atoms with Crippen LogP contribution in [0.4, 0.5) is 0 Å². The third kappa shape index (κ3) is 1.96. The average molecular weight is 268 g/mol. The molecule has 1 N–H and O–H groups in total. The van der Waals surface area contributed by atoms with Gasteiger partial charge in [-0.2, -0.15) is 0 Å². The summed E-state index contributed by atoms with van der Waals surface area (Å²) in [5.41, 5.74) is -0.0668. The maximum absolute atomic E-state index is 11.9. The number of aromatic nitrogens is 1. The lowest BCUT2D eigenvalue weighted by atomic mass is 10.2. The van der Waals surface area contributed by atoms with Crippen molar-refractivity contribution in [2.75, 3.05) is 6.61 Å². The van der Waals surface area contributed by atoms with E-state index >= 15 is 0 Å². The zero-order valence-corrected chi connectivity index (χ0v) is 9.57. The molecule has 15 heavy (non-hydrogen) atoms. The summed E-state index contributed by atoms with van der Waals surface area (Å²) >= 11 is 3.33. The molecule has 0 amide bonds. The van der Waals surface area contributed by atoms with Crippen LogP contribution in [0.1, 0.15) is 0 Å². The van der Waals surface area contributed by atoms with Crippen molar-refractivity contribution in [3.05, 3.63) is 45.3 Å². The lowest BCUT2D eigenvalue weighted by molar-refractivity contribution is 0.274. The second-order valence-corrected chi connectivity index (χ2v) is 4.19. The molecule has 4 heteroatoms. The average Bonchev–Trinajstić information content (AvgIpc) is 2.23. The van der Waals surface area contributed by atoms with Gasteiger partial charge in [-0.3, -0.25) is 4.79 Å². The Morgan fingerprint density at radius 2 is 2.13 bits per heavy atom. The van der Waals surface area contributed by atoms with Gasteiger partial charge < -0.3 is 9.67 Å². The maximum atomic E-state index is 11.9. The standard InChI is InChI=1S/C11H10BrNO2/c12-9-2-1-8-3-4-13(5-6-14)11(15)10(8)7-9/h1-4,7,14H,5-6H2. The van der Waals surface area contributed by atoms with Gasteiger partial charge in [-0.15, -0.1) is 0 Å². The Kier molecular flexibility index (Phi) is 2.88. The quantitative estimate of drug-likeness (QED) is 0.901. The van der Waals surface area contributed by atoms with E-state index in [1.165, 1.54) is 4.57 Å². The lowest BCUT2D eigenvalue weighted by Crippen LogP contribution is -2.20. The van der Waals surface area contributed by atoms with E-state index in [0.717, 1.165) is 9.86 Å². The predicted molar refractivity (Wildman–Crippen MR) is 63.0 cm³/mol. The number of fused-ring (bicyclic) bond motifs is 1. The molecular formula is C11H10BrNO2. The third-order valence-electron chi connectivity index (χ3n) is 2.28. The predicted octanol–water partition coefficient (Wildman–Crippen LogP) is 1.76. The summed E-state index contributed by atoms with van der Waals surface area (Å²) in [5, 5.41) is 10.4. The highest BCUT2D eigenvalue weighted by atomic mass is 79.9. The normalized spacial score (nSPS) is 10.8. The molecule has 0 atom stereocenters. The number of nitrogens with zero attached hydrogens (tertiary/aromatic N) is 1. The van der Waals surface area contributed by atoms with Gasteiger partial charge in [0.1, 0.15) is 0 Å². The van der Waals surface area contributed by atoms with Crippen molar-refractivity contribution in [1.82, 2.24) is 4.57 Å². The van der Waals surface area contributed by atoms with Gasteiger partial charge in [-0.25, -0.2) is 0 Å². The molecule has 2 rings (SSSR count). The Bertz CT molecular complexity index is 548. The summed E-state index contributed by atoms with van der Waals surface area (Å²) in [7, 11) is 0. The van der Waals surface area contributed by atoms with Crippen LogP contribution in [0.2, 0.25) is 0 Å². The molecule has 0 bridgehead atoms. The maximum Gasteiger partial charge on any atom is 0.258 e. The van der Waals surface area contributed by atoms with Crippen molar-refractivity contribution >= 4 is 26.7 Å². The minimum atomic E-state index is -0.0668. The highest BCUT2D eigenvalue weighted by molar-refractivity contribution is 9.10. The van der Waals surface area contributed by atoms with Crippen LogP contribution in [0.15, 0.2) is 39.7 Å². The van der Waals surface area contributed by atoms with E-state index in [1.54, 1.807) is 12.3 Å². The molecule has 1 aromatic carbocycles. The smallest absolute Gasteiger partial charge is 0.258 e. The van der Waals surface area contributed by atoms with Crippen LogP contribution in [0, 0.1) is 0 Å². The van der Waals surface area contributed by atoms with E-state index in [-0.39, 0.29) is 12.2 Å². The minimum absolute atomic E-state index is 0.0284. The van der Waals surface area contributed by atoms with Crippen molar-refractivity contribution in [3.8, 4) is 0 Å². The van der Waals surface area contributed by atoms with Crippen LogP contribution in [-0.4, -0.2) is 16.3 Å². The van der Waals surface area contributed by atoms with Crippen molar-refractivity contribution in [1.29, 1.82) is 0 Å². The number of hydrogen-bond donors (Lipinski definition) is 1. The Morgan fingerprint density at radius 3 is 2.87 bits per heavy atom. The molecule has 1 aromatic heterocycles. The van der Waals surface area contributed by atoms with Gasteiger partial charge in [-0.1, -0.05) is 22.0 Å². The number of aliphatic hydroxyl groups is 1. The fraction of sp³-hybridized carbons (Fsp3) is 0.182. The number of benzene rings is 1. The first-order chi connectivity index (χ1) is 7.22. The van der Waals surface area contributed by atoms with Crippen molar-refractivity contribution in [3.63, 3.8) is 0 Å². The molecule has 0 aliphatic heterocycles. The molecule has 0 aliphatic rings. The first-order valence-electron chi connectivity index (χ1n) is 4.62. The van der Waals surface area contributed by atoms with Gasteiger partial charge in [0.05, 0.1) is 6.61 Å². The highest BCUT2D eigenvalue weighted by Crippen LogP contribution is 2.16. The second kappa shape index (κ2) is 4.16. The Morgan fingerprint density at radius 1 is 1.33 bits per heavy atom. The molecule has 0 aliphatic carbocycles. The summed E-state index contributed by atoms with van der Waals surface area (Å²) in [5.74, 6) is 0. The third-order valence-corrected chi connectivity index (χ3v) is 2.77. The zero-order chi connectivity index (χ0) is 10.8. The van der Waals surface area contributed by atoms with Crippen molar-refractivity contribution in [2.24, 2.45) is 0 Å². The van der Waals surface area contributed by atoms with Gasteiger partial charge in [0.25, 0.3) is 5.56 Å². The largest absolute Gasteiger partial charge is 0.395 e. The number of aliphatic hydroxyl groups excluding tert-OH is 1. The number of hydrogen-bond acceptors (Lipinski definition) is 2. The first kappa shape index (κ1) is 10.4. The van der Waals surface area contributed by atoms with E-state index < -0.39 is 0 Å². The molecule has 0 fully saturated rings. The summed E-state index contributed by atoms with van der Waals surface area (Å²) in [6.45, 7) is 0.306. The fourth-order valence-electron chi connectivity index (χ4n) is 1.54. The van der Waals surface area contributed by atoms with Gasteiger partial charge in [0.2, 0.25) is 0 Å². The lowest BCUT2D eigenvalue weighted by Gasteiger charge is -2.05.